The second-order valence-electron chi connectivity index (χ2n) is 4.26. The minimum atomic E-state index is -0.519. The minimum absolute atomic E-state index is 0.146. The number of carbonyl (C=O) groups is 1. The SMILES string of the molecule is COCC(O)CCNC(=O)NC1C=CCCC1. The molecule has 0 aromatic heterocycles. The van der Waals surface area contributed by atoms with Crippen molar-refractivity contribution in [2.45, 2.75) is 37.8 Å². The van der Waals surface area contributed by atoms with Gasteiger partial charge in [0.15, 0.2) is 0 Å². The Morgan fingerprint density at radius 1 is 1.65 bits per heavy atom. The van der Waals surface area contributed by atoms with Gasteiger partial charge in [0.2, 0.25) is 0 Å². The van der Waals surface area contributed by atoms with Crippen molar-refractivity contribution >= 4 is 6.03 Å². The monoisotopic (exact) mass is 242 g/mol. The van der Waals surface area contributed by atoms with E-state index in [2.05, 4.69) is 16.7 Å². The van der Waals surface area contributed by atoms with Crippen LogP contribution in [0.1, 0.15) is 25.7 Å². The molecule has 1 aliphatic rings. The molecule has 0 aliphatic heterocycles. The number of rotatable bonds is 6. The molecular weight excluding hydrogens is 220 g/mol. The highest BCUT2D eigenvalue weighted by Gasteiger charge is 2.11. The van der Waals surface area contributed by atoms with E-state index >= 15 is 0 Å². The first kappa shape index (κ1) is 14.0. The molecule has 0 bridgehead atoms. The lowest BCUT2D eigenvalue weighted by atomic mass is 10.0. The van der Waals surface area contributed by atoms with E-state index < -0.39 is 6.10 Å². The highest BCUT2D eigenvalue weighted by atomic mass is 16.5. The predicted octanol–water partition coefficient (Wildman–Crippen LogP) is 0.792. The molecule has 1 aliphatic carbocycles. The third-order valence-electron chi connectivity index (χ3n) is 2.69. The maximum Gasteiger partial charge on any atom is 0.315 e. The van der Waals surface area contributed by atoms with Crippen LogP contribution in [0, 0.1) is 0 Å². The average molecular weight is 242 g/mol. The van der Waals surface area contributed by atoms with Crippen molar-refractivity contribution in [3.05, 3.63) is 12.2 Å². The van der Waals surface area contributed by atoms with Crippen LogP contribution < -0.4 is 10.6 Å². The van der Waals surface area contributed by atoms with Crippen molar-refractivity contribution in [3.8, 4) is 0 Å². The van der Waals surface area contributed by atoms with Crippen LogP contribution in [-0.4, -0.2) is 43.5 Å². The van der Waals surface area contributed by atoms with Crippen molar-refractivity contribution in [2.24, 2.45) is 0 Å². The van der Waals surface area contributed by atoms with E-state index in [9.17, 15) is 9.90 Å². The maximum absolute atomic E-state index is 11.5. The number of aliphatic hydroxyl groups excluding tert-OH is 1. The van der Waals surface area contributed by atoms with Gasteiger partial charge in [-0.25, -0.2) is 4.79 Å². The van der Waals surface area contributed by atoms with Crippen LogP contribution in [0.15, 0.2) is 12.2 Å². The van der Waals surface area contributed by atoms with Crippen LogP contribution in [0.3, 0.4) is 0 Å². The number of methoxy groups -OCH3 is 1. The summed E-state index contributed by atoms with van der Waals surface area (Å²) in [5.74, 6) is 0. The normalized spacial score (nSPS) is 20.9. The van der Waals surface area contributed by atoms with E-state index in [1.165, 1.54) is 0 Å². The topological polar surface area (TPSA) is 70.6 Å². The number of hydrogen-bond donors (Lipinski definition) is 3. The van der Waals surface area contributed by atoms with Gasteiger partial charge >= 0.3 is 6.03 Å². The van der Waals surface area contributed by atoms with Gasteiger partial charge in [0.25, 0.3) is 0 Å². The number of ether oxygens (including phenoxy) is 1. The van der Waals surface area contributed by atoms with E-state index in [4.69, 9.17) is 4.74 Å². The summed E-state index contributed by atoms with van der Waals surface area (Å²) >= 11 is 0. The lowest BCUT2D eigenvalue weighted by Gasteiger charge is -2.18. The highest BCUT2D eigenvalue weighted by Crippen LogP contribution is 2.09. The van der Waals surface area contributed by atoms with Gasteiger partial charge in [0.05, 0.1) is 12.7 Å². The molecule has 0 radical (unpaired) electrons. The minimum Gasteiger partial charge on any atom is -0.391 e. The molecule has 3 N–H and O–H groups in total. The Labute approximate surface area is 102 Å². The molecule has 2 amide bonds. The van der Waals surface area contributed by atoms with Gasteiger partial charge in [-0.05, 0) is 25.7 Å². The number of nitrogens with one attached hydrogen (secondary N) is 2. The molecule has 98 valence electrons. The predicted molar refractivity (Wildman–Crippen MR) is 65.8 cm³/mol. The molecule has 0 saturated heterocycles. The van der Waals surface area contributed by atoms with Crippen molar-refractivity contribution in [3.63, 3.8) is 0 Å². The van der Waals surface area contributed by atoms with E-state index in [0.29, 0.717) is 19.6 Å². The van der Waals surface area contributed by atoms with E-state index in [-0.39, 0.29) is 12.1 Å². The zero-order chi connectivity index (χ0) is 12.5. The lowest BCUT2D eigenvalue weighted by Crippen LogP contribution is -2.42. The molecule has 5 nitrogen and oxygen atoms in total. The van der Waals surface area contributed by atoms with E-state index in [0.717, 1.165) is 19.3 Å². The third-order valence-corrected chi connectivity index (χ3v) is 2.69. The molecule has 17 heavy (non-hydrogen) atoms. The Bertz CT molecular complexity index is 256. The van der Waals surface area contributed by atoms with Crippen LogP contribution in [0.25, 0.3) is 0 Å². The summed E-state index contributed by atoms with van der Waals surface area (Å²) < 4.78 is 4.80. The second kappa shape index (κ2) is 8.08. The Morgan fingerprint density at radius 3 is 3.12 bits per heavy atom. The molecule has 1 rings (SSSR count). The van der Waals surface area contributed by atoms with Crippen molar-refractivity contribution in [2.75, 3.05) is 20.3 Å². The largest absolute Gasteiger partial charge is 0.391 e. The van der Waals surface area contributed by atoms with E-state index in [1.54, 1.807) is 7.11 Å². The molecule has 2 atom stereocenters. The Morgan fingerprint density at radius 2 is 2.47 bits per heavy atom. The second-order valence-corrected chi connectivity index (χ2v) is 4.26. The van der Waals surface area contributed by atoms with Crippen LogP contribution in [0.4, 0.5) is 4.79 Å². The van der Waals surface area contributed by atoms with Gasteiger partial charge in [-0.2, -0.15) is 0 Å². The van der Waals surface area contributed by atoms with Gasteiger partial charge in [-0.3, -0.25) is 0 Å². The first-order chi connectivity index (χ1) is 8.22. The summed E-state index contributed by atoms with van der Waals surface area (Å²) in [4.78, 5) is 11.5. The Hall–Kier alpha value is -1.07. The van der Waals surface area contributed by atoms with Gasteiger partial charge in [0.1, 0.15) is 0 Å². The standard InChI is InChI=1S/C12H22N2O3/c1-17-9-11(15)7-8-13-12(16)14-10-5-3-2-4-6-10/h3,5,10-11,15H,2,4,6-9H2,1H3,(H2,13,14,16). The smallest absolute Gasteiger partial charge is 0.315 e. The van der Waals surface area contributed by atoms with Gasteiger partial charge in [0, 0.05) is 19.7 Å². The lowest BCUT2D eigenvalue weighted by molar-refractivity contribution is 0.0598. The number of allylic oxidation sites excluding steroid dienone is 1. The van der Waals surface area contributed by atoms with Gasteiger partial charge in [-0.15, -0.1) is 0 Å². The molecule has 0 aromatic rings. The zero-order valence-electron chi connectivity index (χ0n) is 10.3. The highest BCUT2D eigenvalue weighted by molar-refractivity contribution is 5.74. The summed E-state index contributed by atoms with van der Waals surface area (Å²) in [5.41, 5.74) is 0. The molecule has 0 heterocycles. The average Bonchev–Trinajstić information content (AvgIpc) is 2.30. The summed E-state index contributed by atoms with van der Waals surface area (Å²) in [6.07, 6.45) is 7.32. The fraction of sp³-hybridized carbons (Fsp3) is 0.750. The molecule has 5 heteroatoms. The van der Waals surface area contributed by atoms with Crippen LogP contribution in [-0.2, 0) is 4.74 Å². The summed E-state index contributed by atoms with van der Waals surface area (Å²) in [6, 6.07) is -0.0289. The molecule has 0 saturated carbocycles. The van der Waals surface area contributed by atoms with Crippen molar-refractivity contribution in [1.29, 1.82) is 0 Å². The van der Waals surface area contributed by atoms with Gasteiger partial charge in [-0.1, -0.05) is 12.2 Å². The maximum atomic E-state index is 11.5. The fourth-order valence-electron chi connectivity index (χ4n) is 1.78. The van der Waals surface area contributed by atoms with E-state index in [1.807, 2.05) is 6.08 Å². The first-order valence-electron chi connectivity index (χ1n) is 6.10. The summed E-state index contributed by atoms with van der Waals surface area (Å²) in [6.45, 7) is 0.751. The molecular formula is C12H22N2O3. The number of carbonyl (C=O) groups excluding carboxylic acids is 1. The Balaban J connectivity index is 2.08. The van der Waals surface area contributed by atoms with Crippen molar-refractivity contribution in [1.82, 2.24) is 10.6 Å². The van der Waals surface area contributed by atoms with Crippen LogP contribution in [0.2, 0.25) is 0 Å². The van der Waals surface area contributed by atoms with Crippen LogP contribution in [0.5, 0.6) is 0 Å². The van der Waals surface area contributed by atoms with Crippen LogP contribution >= 0.6 is 0 Å². The molecule has 0 fully saturated rings. The van der Waals surface area contributed by atoms with Crippen molar-refractivity contribution < 1.29 is 14.6 Å². The molecule has 2 unspecified atom stereocenters. The number of urea groups is 1. The fourth-order valence-corrected chi connectivity index (χ4v) is 1.78. The number of amides is 2. The molecule has 0 spiro atoms. The summed E-state index contributed by atoms with van der Waals surface area (Å²) in [5, 5.41) is 15.0. The third kappa shape index (κ3) is 6.28. The quantitative estimate of drug-likeness (QED) is 0.603. The number of aliphatic hydroxyl groups is 1. The number of hydrogen-bond acceptors (Lipinski definition) is 3. The van der Waals surface area contributed by atoms with Gasteiger partial charge < -0.3 is 20.5 Å². The molecule has 0 aromatic carbocycles. The first-order valence-corrected chi connectivity index (χ1v) is 6.10. The Kier molecular flexibility index (Phi) is 6.65. The summed E-state index contributed by atoms with van der Waals surface area (Å²) in [7, 11) is 1.54. The zero-order valence-corrected chi connectivity index (χ0v) is 10.3.